The molecular formula is C26H14N8O4. The minimum atomic E-state index is -0.614. The molecule has 12 heteroatoms. The van der Waals surface area contributed by atoms with Gasteiger partial charge in [-0.25, -0.2) is 9.59 Å². The summed E-state index contributed by atoms with van der Waals surface area (Å²) in [5, 5.41) is 38.3. The van der Waals surface area contributed by atoms with Crippen LogP contribution >= 0.6 is 0 Å². The summed E-state index contributed by atoms with van der Waals surface area (Å²) >= 11 is 0. The molecule has 0 amide bonds. The van der Waals surface area contributed by atoms with Gasteiger partial charge in [0.2, 0.25) is 0 Å². The van der Waals surface area contributed by atoms with Crippen LogP contribution in [0, 0.1) is 22.7 Å². The molecule has 5 aromatic rings. The number of H-pyrrole nitrogens is 2. The van der Waals surface area contributed by atoms with Crippen molar-refractivity contribution in [3.05, 3.63) is 95.3 Å². The molecule has 2 aromatic heterocycles. The lowest BCUT2D eigenvalue weighted by molar-refractivity contribution is 0.0720. The third-order valence-electron chi connectivity index (χ3n) is 5.34. The summed E-state index contributed by atoms with van der Waals surface area (Å²) in [5.41, 5.74) is 2.85. The first-order valence-electron chi connectivity index (χ1n) is 10.9. The monoisotopic (exact) mass is 502 g/mol. The summed E-state index contributed by atoms with van der Waals surface area (Å²) in [5.74, 6) is -0.644. The maximum absolute atomic E-state index is 12.5. The fourth-order valence-electron chi connectivity index (χ4n) is 3.46. The first kappa shape index (κ1) is 23.6. The largest absolute Gasteiger partial charge is 0.423 e. The smallest absolute Gasteiger partial charge is 0.343 e. The van der Waals surface area contributed by atoms with E-state index in [0.29, 0.717) is 34.0 Å². The van der Waals surface area contributed by atoms with Crippen molar-refractivity contribution in [3.63, 3.8) is 0 Å². The first-order valence-corrected chi connectivity index (χ1v) is 10.9. The van der Waals surface area contributed by atoms with Crippen LogP contribution in [0.3, 0.4) is 0 Å². The van der Waals surface area contributed by atoms with Crippen LogP contribution in [0.15, 0.2) is 72.8 Å². The van der Waals surface area contributed by atoms with Gasteiger partial charge in [-0.3, -0.25) is 0 Å². The van der Waals surface area contributed by atoms with Crippen molar-refractivity contribution in [2.45, 2.75) is 0 Å². The molecule has 38 heavy (non-hydrogen) atoms. The topological polar surface area (TPSA) is 183 Å². The zero-order valence-electron chi connectivity index (χ0n) is 19.2. The summed E-state index contributed by atoms with van der Waals surface area (Å²) in [4.78, 5) is 25.1. The molecule has 12 nitrogen and oxygen atoms in total. The van der Waals surface area contributed by atoms with Gasteiger partial charge in [-0.15, -0.1) is 10.2 Å². The number of aromatic nitrogens is 6. The molecule has 0 saturated carbocycles. The van der Waals surface area contributed by atoms with Crippen molar-refractivity contribution in [1.29, 1.82) is 10.5 Å². The van der Waals surface area contributed by atoms with E-state index >= 15 is 0 Å². The fraction of sp³-hybridized carbons (Fsp3) is 0. The highest BCUT2D eigenvalue weighted by Crippen LogP contribution is 2.24. The number of nitrogens with zero attached hydrogens (tertiary/aromatic N) is 6. The summed E-state index contributed by atoms with van der Waals surface area (Å²) in [6, 6.07) is 22.6. The van der Waals surface area contributed by atoms with Gasteiger partial charge < -0.3 is 9.47 Å². The van der Waals surface area contributed by atoms with Crippen molar-refractivity contribution < 1.29 is 19.1 Å². The van der Waals surface area contributed by atoms with Crippen molar-refractivity contribution in [2.75, 3.05) is 0 Å². The van der Waals surface area contributed by atoms with Crippen LogP contribution in [0.5, 0.6) is 11.5 Å². The standard InChI is InChI=1S/C26H14N8O4/c27-13-21-23(31-33-29-21)15-5-9-19(10-6-15)37-25(35)17-1-2-18(4-3-17)26(36)38-20-11-7-16(8-12-20)24-22(14-28)30-34-32-24/h1-12H,(H,29,31,33)(H,30,32,34). The summed E-state index contributed by atoms with van der Waals surface area (Å²) in [6.45, 7) is 0. The molecule has 2 N–H and O–H groups in total. The van der Waals surface area contributed by atoms with E-state index in [2.05, 4.69) is 30.8 Å². The van der Waals surface area contributed by atoms with Crippen LogP contribution in [0.25, 0.3) is 22.5 Å². The van der Waals surface area contributed by atoms with Gasteiger partial charge in [-0.2, -0.15) is 31.1 Å². The maximum Gasteiger partial charge on any atom is 0.343 e. The molecule has 0 unspecified atom stereocenters. The number of nitrogens with one attached hydrogen (secondary N) is 2. The number of hydrogen-bond acceptors (Lipinski definition) is 10. The number of rotatable bonds is 6. The average Bonchev–Trinajstić information content (AvgIpc) is 3.64. The Morgan fingerprint density at radius 1 is 0.579 bits per heavy atom. The van der Waals surface area contributed by atoms with Gasteiger partial charge in [0, 0.05) is 11.1 Å². The van der Waals surface area contributed by atoms with Crippen LogP contribution in [-0.4, -0.2) is 42.8 Å². The second-order valence-corrected chi connectivity index (χ2v) is 7.67. The van der Waals surface area contributed by atoms with Crippen LogP contribution in [-0.2, 0) is 0 Å². The highest BCUT2D eigenvalue weighted by Gasteiger charge is 2.15. The van der Waals surface area contributed by atoms with Crippen LogP contribution in [0.4, 0.5) is 0 Å². The van der Waals surface area contributed by atoms with Crippen molar-refractivity contribution in [3.8, 4) is 46.2 Å². The van der Waals surface area contributed by atoms with Crippen molar-refractivity contribution in [2.24, 2.45) is 0 Å². The summed E-state index contributed by atoms with van der Waals surface area (Å²) in [7, 11) is 0. The Bertz CT molecular complexity index is 1580. The van der Waals surface area contributed by atoms with Gasteiger partial charge in [0.05, 0.1) is 11.1 Å². The third kappa shape index (κ3) is 4.82. The number of carbonyl (C=O) groups excluding carboxylic acids is 2. The third-order valence-corrected chi connectivity index (χ3v) is 5.34. The Morgan fingerprint density at radius 3 is 1.29 bits per heavy atom. The predicted molar refractivity (Wildman–Crippen MR) is 129 cm³/mol. The lowest BCUT2D eigenvalue weighted by atomic mass is 10.1. The van der Waals surface area contributed by atoms with Gasteiger partial charge >= 0.3 is 11.9 Å². The molecular weight excluding hydrogens is 488 g/mol. The van der Waals surface area contributed by atoms with Gasteiger partial charge in [0.25, 0.3) is 0 Å². The molecule has 2 heterocycles. The molecule has 0 aliphatic rings. The summed E-state index contributed by atoms with van der Waals surface area (Å²) in [6.07, 6.45) is 0. The molecule has 0 atom stereocenters. The average molecular weight is 502 g/mol. The molecule has 3 aromatic carbocycles. The fourth-order valence-corrected chi connectivity index (χ4v) is 3.46. The molecule has 0 aliphatic heterocycles. The van der Waals surface area contributed by atoms with E-state index in [0.717, 1.165) is 0 Å². The second kappa shape index (κ2) is 10.2. The molecule has 0 aliphatic carbocycles. The van der Waals surface area contributed by atoms with E-state index in [1.54, 1.807) is 48.5 Å². The Hall–Kier alpha value is -6.14. The maximum atomic E-state index is 12.5. The molecule has 0 bridgehead atoms. The first-order chi connectivity index (χ1) is 18.6. The normalized spacial score (nSPS) is 10.3. The Kier molecular flexibility index (Phi) is 6.35. The highest BCUT2D eigenvalue weighted by molar-refractivity contribution is 5.95. The number of hydrogen-bond donors (Lipinski definition) is 2. The molecule has 0 spiro atoms. The van der Waals surface area contributed by atoms with E-state index in [4.69, 9.17) is 20.0 Å². The number of esters is 2. The van der Waals surface area contributed by atoms with E-state index < -0.39 is 11.9 Å². The van der Waals surface area contributed by atoms with E-state index in [1.807, 2.05) is 12.1 Å². The quantitative estimate of drug-likeness (QED) is 0.257. The predicted octanol–water partition coefficient (Wildman–Crippen LogP) is 3.44. The molecule has 5 rings (SSSR count). The van der Waals surface area contributed by atoms with Crippen molar-refractivity contribution in [1.82, 2.24) is 30.8 Å². The molecule has 0 saturated heterocycles. The van der Waals surface area contributed by atoms with Gasteiger partial charge in [-0.05, 0) is 72.8 Å². The Balaban J connectivity index is 1.20. The summed E-state index contributed by atoms with van der Waals surface area (Å²) < 4.78 is 10.8. The zero-order chi connectivity index (χ0) is 26.5. The van der Waals surface area contributed by atoms with E-state index in [1.165, 1.54) is 24.3 Å². The minimum Gasteiger partial charge on any atom is -0.423 e. The van der Waals surface area contributed by atoms with Crippen LogP contribution in [0.2, 0.25) is 0 Å². The number of ether oxygens (including phenoxy) is 2. The lowest BCUT2D eigenvalue weighted by Crippen LogP contribution is -2.11. The minimum absolute atomic E-state index is 0.158. The van der Waals surface area contributed by atoms with Crippen LogP contribution in [0.1, 0.15) is 32.1 Å². The number of nitriles is 2. The van der Waals surface area contributed by atoms with Gasteiger partial charge in [0.15, 0.2) is 11.4 Å². The number of carbonyl (C=O) groups is 2. The molecule has 0 fully saturated rings. The SMILES string of the molecule is N#Cc1n[nH]nc1-c1ccc(OC(=O)c2ccc(C(=O)Oc3ccc(-c4n[nH]nc4C#N)cc3)cc2)cc1. The lowest BCUT2D eigenvalue weighted by Gasteiger charge is -2.07. The van der Waals surface area contributed by atoms with Crippen molar-refractivity contribution >= 4 is 11.9 Å². The Labute approximate surface area is 214 Å². The van der Waals surface area contributed by atoms with Gasteiger partial charge in [-0.1, -0.05) is 0 Å². The molecule has 0 radical (unpaired) electrons. The second-order valence-electron chi connectivity index (χ2n) is 7.67. The van der Waals surface area contributed by atoms with E-state index in [9.17, 15) is 9.59 Å². The van der Waals surface area contributed by atoms with Gasteiger partial charge in [0.1, 0.15) is 35.0 Å². The Morgan fingerprint density at radius 2 is 0.947 bits per heavy atom. The zero-order valence-corrected chi connectivity index (χ0v) is 19.2. The number of aromatic amines is 2. The highest BCUT2D eigenvalue weighted by atomic mass is 16.5. The molecule has 182 valence electrons. The van der Waals surface area contributed by atoms with Crippen LogP contribution < -0.4 is 9.47 Å². The van der Waals surface area contributed by atoms with E-state index in [-0.39, 0.29) is 22.5 Å². The number of benzene rings is 3.